The van der Waals surface area contributed by atoms with Crippen molar-refractivity contribution in [3.63, 3.8) is 0 Å². The Kier molecular flexibility index (Phi) is 5.30. The van der Waals surface area contributed by atoms with Crippen LogP contribution in [0, 0.1) is 10.1 Å². The van der Waals surface area contributed by atoms with Crippen LogP contribution in [0.2, 0.25) is 0 Å². The van der Waals surface area contributed by atoms with Crippen molar-refractivity contribution in [1.82, 2.24) is 4.98 Å². The van der Waals surface area contributed by atoms with Crippen LogP contribution in [-0.2, 0) is 0 Å². The van der Waals surface area contributed by atoms with E-state index >= 15 is 0 Å². The summed E-state index contributed by atoms with van der Waals surface area (Å²) in [4.78, 5) is 16.1. The molecule has 94 valence electrons. The van der Waals surface area contributed by atoms with Gasteiger partial charge in [0.2, 0.25) is 0 Å². The molecule has 0 aliphatic heterocycles. The van der Waals surface area contributed by atoms with Gasteiger partial charge >= 0.3 is 5.69 Å². The second kappa shape index (κ2) is 6.51. The van der Waals surface area contributed by atoms with Gasteiger partial charge in [-0.1, -0.05) is 6.92 Å². The van der Waals surface area contributed by atoms with Gasteiger partial charge in [0, 0.05) is 19.3 Å². The van der Waals surface area contributed by atoms with Gasteiger partial charge in [0.1, 0.15) is 11.9 Å². The minimum absolute atomic E-state index is 0.0497. The van der Waals surface area contributed by atoms with Gasteiger partial charge < -0.3 is 10.0 Å². The van der Waals surface area contributed by atoms with Crippen molar-refractivity contribution in [2.75, 3.05) is 24.6 Å². The Morgan fingerprint density at radius 1 is 1.53 bits per heavy atom. The van der Waals surface area contributed by atoms with E-state index in [0.717, 1.165) is 6.42 Å². The molecular formula is C10H14BrN3O3. The highest BCUT2D eigenvalue weighted by molar-refractivity contribution is 9.10. The number of rotatable bonds is 6. The van der Waals surface area contributed by atoms with Crippen molar-refractivity contribution in [1.29, 1.82) is 0 Å². The normalized spacial score (nSPS) is 10.3. The lowest BCUT2D eigenvalue weighted by Crippen LogP contribution is -2.28. The van der Waals surface area contributed by atoms with E-state index in [4.69, 9.17) is 5.11 Å². The van der Waals surface area contributed by atoms with Crippen LogP contribution in [0.3, 0.4) is 0 Å². The highest BCUT2D eigenvalue weighted by Gasteiger charge is 2.22. The standard InChI is InChI=1S/C10H14BrN3O3/c1-2-3-13(4-5-15)10-8(11)6-12-7-9(10)14(16)17/h6-7,15H,2-5H2,1H3. The van der Waals surface area contributed by atoms with Crippen molar-refractivity contribution in [2.45, 2.75) is 13.3 Å². The molecule has 1 rings (SSSR count). The first kappa shape index (κ1) is 13.9. The van der Waals surface area contributed by atoms with Crippen molar-refractivity contribution in [3.05, 3.63) is 27.0 Å². The molecule has 0 fully saturated rings. The molecule has 0 saturated carbocycles. The fourth-order valence-electron chi connectivity index (χ4n) is 1.59. The predicted octanol–water partition coefficient (Wildman–Crippen LogP) is 1.96. The van der Waals surface area contributed by atoms with Crippen LogP contribution >= 0.6 is 15.9 Å². The van der Waals surface area contributed by atoms with E-state index in [9.17, 15) is 10.1 Å². The molecule has 0 radical (unpaired) electrons. The molecule has 6 nitrogen and oxygen atoms in total. The average molecular weight is 304 g/mol. The Balaban J connectivity index is 3.19. The van der Waals surface area contributed by atoms with Crippen LogP contribution in [0.4, 0.5) is 11.4 Å². The number of pyridine rings is 1. The summed E-state index contributed by atoms with van der Waals surface area (Å²) >= 11 is 3.27. The number of aromatic nitrogens is 1. The summed E-state index contributed by atoms with van der Waals surface area (Å²) in [5.74, 6) is 0. The van der Waals surface area contributed by atoms with E-state index in [0.29, 0.717) is 23.2 Å². The number of hydrogen-bond acceptors (Lipinski definition) is 5. The van der Waals surface area contributed by atoms with E-state index in [2.05, 4.69) is 20.9 Å². The second-order valence-electron chi connectivity index (χ2n) is 3.46. The third kappa shape index (κ3) is 3.37. The Labute approximate surface area is 108 Å². The van der Waals surface area contributed by atoms with Gasteiger partial charge in [-0.2, -0.15) is 0 Å². The van der Waals surface area contributed by atoms with Crippen molar-refractivity contribution >= 4 is 27.3 Å². The topological polar surface area (TPSA) is 79.5 Å². The summed E-state index contributed by atoms with van der Waals surface area (Å²) in [5.41, 5.74) is 0.419. The zero-order valence-electron chi connectivity index (χ0n) is 9.47. The SMILES string of the molecule is CCCN(CCO)c1c(Br)cncc1[N+](=O)[O-]. The third-order valence-electron chi connectivity index (χ3n) is 2.23. The molecule has 0 aromatic carbocycles. The van der Waals surface area contributed by atoms with Crippen LogP contribution in [0.1, 0.15) is 13.3 Å². The highest BCUT2D eigenvalue weighted by Crippen LogP contribution is 2.34. The summed E-state index contributed by atoms with van der Waals surface area (Å²) in [6.07, 6.45) is 3.58. The fraction of sp³-hybridized carbons (Fsp3) is 0.500. The smallest absolute Gasteiger partial charge is 0.311 e. The first-order valence-electron chi connectivity index (χ1n) is 5.25. The summed E-state index contributed by atoms with van der Waals surface area (Å²) in [6.45, 7) is 2.93. The maximum atomic E-state index is 10.9. The molecule has 0 amide bonds. The Bertz CT molecular complexity index is 394. The highest BCUT2D eigenvalue weighted by atomic mass is 79.9. The number of halogens is 1. The van der Waals surface area contributed by atoms with E-state index in [1.165, 1.54) is 12.4 Å². The van der Waals surface area contributed by atoms with Gasteiger partial charge in [-0.15, -0.1) is 0 Å². The molecule has 17 heavy (non-hydrogen) atoms. The summed E-state index contributed by atoms with van der Waals surface area (Å²) < 4.78 is 0.564. The van der Waals surface area contributed by atoms with Crippen molar-refractivity contribution < 1.29 is 10.0 Å². The molecule has 0 aliphatic carbocycles. The number of aliphatic hydroxyl groups is 1. The lowest BCUT2D eigenvalue weighted by Gasteiger charge is -2.23. The number of hydrogen-bond donors (Lipinski definition) is 1. The van der Waals surface area contributed by atoms with Crippen LogP contribution < -0.4 is 4.90 Å². The van der Waals surface area contributed by atoms with E-state index < -0.39 is 4.92 Å². The third-order valence-corrected chi connectivity index (χ3v) is 2.81. The molecule has 0 aliphatic rings. The molecule has 0 unspecified atom stereocenters. The second-order valence-corrected chi connectivity index (χ2v) is 4.31. The summed E-state index contributed by atoms with van der Waals surface area (Å²) in [5, 5.41) is 19.9. The predicted molar refractivity (Wildman–Crippen MR) is 68.2 cm³/mol. The van der Waals surface area contributed by atoms with Gasteiger partial charge in [0.15, 0.2) is 0 Å². The summed E-state index contributed by atoms with van der Waals surface area (Å²) in [6, 6.07) is 0. The molecule has 1 N–H and O–H groups in total. The van der Waals surface area contributed by atoms with E-state index in [1.54, 1.807) is 4.90 Å². The molecule has 1 aromatic rings. The molecule has 0 spiro atoms. The molecule has 7 heteroatoms. The van der Waals surface area contributed by atoms with Gasteiger partial charge in [0.25, 0.3) is 0 Å². The molecule has 1 heterocycles. The Morgan fingerprint density at radius 3 is 2.76 bits per heavy atom. The molecule has 0 bridgehead atoms. The molecule has 0 saturated heterocycles. The Hall–Kier alpha value is -1.21. The first-order chi connectivity index (χ1) is 8.11. The number of aliphatic hydroxyl groups excluding tert-OH is 1. The lowest BCUT2D eigenvalue weighted by molar-refractivity contribution is -0.384. The maximum absolute atomic E-state index is 10.9. The fourth-order valence-corrected chi connectivity index (χ4v) is 2.16. The first-order valence-corrected chi connectivity index (χ1v) is 6.04. The summed E-state index contributed by atoms with van der Waals surface area (Å²) in [7, 11) is 0. The van der Waals surface area contributed by atoms with Crippen LogP contribution in [0.15, 0.2) is 16.9 Å². The number of anilines is 1. The number of nitrogens with zero attached hydrogens (tertiary/aromatic N) is 3. The zero-order chi connectivity index (χ0) is 12.8. The van der Waals surface area contributed by atoms with Crippen LogP contribution in [0.5, 0.6) is 0 Å². The average Bonchev–Trinajstić information content (AvgIpc) is 2.28. The quantitative estimate of drug-likeness (QED) is 0.642. The van der Waals surface area contributed by atoms with Crippen molar-refractivity contribution in [3.8, 4) is 0 Å². The van der Waals surface area contributed by atoms with Gasteiger partial charge in [-0.25, -0.2) is 0 Å². The minimum atomic E-state index is -0.465. The van der Waals surface area contributed by atoms with Crippen molar-refractivity contribution in [2.24, 2.45) is 0 Å². The monoisotopic (exact) mass is 303 g/mol. The van der Waals surface area contributed by atoms with Crippen LogP contribution in [0.25, 0.3) is 0 Å². The van der Waals surface area contributed by atoms with Gasteiger partial charge in [-0.3, -0.25) is 15.1 Å². The molecule has 0 atom stereocenters. The van der Waals surface area contributed by atoms with Crippen LogP contribution in [-0.4, -0.2) is 34.7 Å². The van der Waals surface area contributed by atoms with Gasteiger partial charge in [-0.05, 0) is 22.4 Å². The van der Waals surface area contributed by atoms with Gasteiger partial charge in [0.05, 0.1) is 16.0 Å². The van der Waals surface area contributed by atoms with E-state index in [1.807, 2.05) is 6.92 Å². The Morgan fingerprint density at radius 2 is 2.24 bits per heavy atom. The van der Waals surface area contributed by atoms with E-state index in [-0.39, 0.29) is 12.3 Å². The molecule has 1 aromatic heterocycles. The number of nitro groups is 1. The minimum Gasteiger partial charge on any atom is -0.395 e. The zero-order valence-corrected chi connectivity index (χ0v) is 11.1. The largest absolute Gasteiger partial charge is 0.395 e. The lowest BCUT2D eigenvalue weighted by atomic mass is 10.3. The maximum Gasteiger partial charge on any atom is 0.311 e. The molecular weight excluding hydrogens is 290 g/mol.